The molecule has 3 heteroatoms. The lowest BCUT2D eigenvalue weighted by Crippen LogP contribution is -2.50. The van der Waals surface area contributed by atoms with E-state index in [2.05, 4.69) is 17.3 Å². The van der Waals surface area contributed by atoms with Crippen LogP contribution in [0.4, 0.5) is 0 Å². The second kappa shape index (κ2) is 5.67. The van der Waals surface area contributed by atoms with Crippen molar-refractivity contribution in [2.45, 2.75) is 63.5 Å². The van der Waals surface area contributed by atoms with Gasteiger partial charge in [0.15, 0.2) is 0 Å². The topological polar surface area (TPSA) is 32.3 Å². The van der Waals surface area contributed by atoms with Gasteiger partial charge in [-0.2, -0.15) is 0 Å². The summed E-state index contributed by atoms with van der Waals surface area (Å²) in [6, 6.07) is 0.590. The first-order chi connectivity index (χ1) is 7.77. The summed E-state index contributed by atoms with van der Waals surface area (Å²) >= 11 is 0. The van der Waals surface area contributed by atoms with Gasteiger partial charge in [0, 0.05) is 6.04 Å². The van der Waals surface area contributed by atoms with Gasteiger partial charge in [-0.25, -0.2) is 0 Å². The molecule has 2 rings (SSSR count). The highest BCUT2D eigenvalue weighted by Gasteiger charge is 2.27. The summed E-state index contributed by atoms with van der Waals surface area (Å²) < 4.78 is 0. The van der Waals surface area contributed by atoms with Crippen LogP contribution in [0.3, 0.4) is 0 Å². The second-order valence-electron chi connectivity index (χ2n) is 5.34. The van der Waals surface area contributed by atoms with E-state index in [0.29, 0.717) is 6.04 Å². The van der Waals surface area contributed by atoms with Crippen LogP contribution in [0, 0.1) is 0 Å². The minimum Gasteiger partial charge on any atom is -0.352 e. The zero-order valence-corrected chi connectivity index (χ0v) is 10.4. The molecule has 1 aliphatic heterocycles. The molecule has 1 N–H and O–H groups in total. The van der Waals surface area contributed by atoms with Crippen molar-refractivity contribution >= 4 is 5.91 Å². The maximum atomic E-state index is 12.1. The highest BCUT2D eigenvalue weighted by atomic mass is 16.2. The fourth-order valence-corrected chi connectivity index (χ4v) is 2.95. The van der Waals surface area contributed by atoms with E-state index in [9.17, 15) is 4.79 Å². The van der Waals surface area contributed by atoms with Crippen molar-refractivity contribution in [3.05, 3.63) is 0 Å². The number of nitrogens with zero attached hydrogens (tertiary/aromatic N) is 1. The van der Waals surface area contributed by atoms with Gasteiger partial charge in [-0.15, -0.1) is 0 Å². The predicted molar refractivity (Wildman–Crippen MR) is 65.3 cm³/mol. The lowest BCUT2D eigenvalue weighted by molar-refractivity contribution is -0.127. The smallest absolute Gasteiger partial charge is 0.237 e. The summed E-state index contributed by atoms with van der Waals surface area (Å²) in [5.41, 5.74) is 0. The SMILES string of the molecule is CN1CCCCC1C(=O)NC1CCCCC1. The summed E-state index contributed by atoms with van der Waals surface area (Å²) in [5.74, 6) is 0.272. The first-order valence-corrected chi connectivity index (χ1v) is 6.78. The molecule has 0 aromatic rings. The quantitative estimate of drug-likeness (QED) is 0.777. The van der Waals surface area contributed by atoms with E-state index in [0.717, 1.165) is 13.0 Å². The van der Waals surface area contributed by atoms with Crippen LogP contribution in [0.1, 0.15) is 51.4 Å². The standard InChI is InChI=1S/C13H24N2O/c1-15-10-6-5-9-12(15)13(16)14-11-7-3-2-4-8-11/h11-12H,2-10H2,1H3,(H,14,16). The molecule has 0 bridgehead atoms. The summed E-state index contributed by atoms with van der Waals surface area (Å²) in [7, 11) is 2.07. The van der Waals surface area contributed by atoms with Crippen LogP contribution in [0.25, 0.3) is 0 Å². The van der Waals surface area contributed by atoms with Crippen LogP contribution in [-0.2, 0) is 4.79 Å². The Morgan fingerprint density at radius 2 is 1.75 bits per heavy atom. The van der Waals surface area contributed by atoms with E-state index < -0.39 is 0 Å². The highest BCUT2D eigenvalue weighted by molar-refractivity contribution is 5.82. The van der Waals surface area contributed by atoms with Gasteiger partial charge in [-0.3, -0.25) is 9.69 Å². The third-order valence-electron chi connectivity index (χ3n) is 4.02. The maximum Gasteiger partial charge on any atom is 0.237 e. The number of amides is 1. The third kappa shape index (κ3) is 2.97. The molecular formula is C13H24N2O. The summed E-state index contributed by atoms with van der Waals surface area (Å²) in [6.45, 7) is 1.07. The Bertz CT molecular complexity index is 236. The molecule has 1 aliphatic carbocycles. The zero-order chi connectivity index (χ0) is 11.4. The van der Waals surface area contributed by atoms with Crippen molar-refractivity contribution in [2.75, 3.05) is 13.6 Å². The van der Waals surface area contributed by atoms with Gasteiger partial charge in [0.1, 0.15) is 0 Å². The van der Waals surface area contributed by atoms with E-state index in [4.69, 9.17) is 0 Å². The Kier molecular flexibility index (Phi) is 4.22. The van der Waals surface area contributed by atoms with Crippen LogP contribution in [0.5, 0.6) is 0 Å². The number of likely N-dealkylation sites (N-methyl/N-ethyl adjacent to an activating group) is 1. The zero-order valence-electron chi connectivity index (χ0n) is 10.4. The van der Waals surface area contributed by atoms with Crippen LogP contribution < -0.4 is 5.32 Å². The molecule has 1 saturated carbocycles. The van der Waals surface area contributed by atoms with Crippen molar-refractivity contribution in [1.82, 2.24) is 10.2 Å². The number of nitrogens with one attached hydrogen (secondary N) is 1. The van der Waals surface area contributed by atoms with E-state index in [1.54, 1.807) is 0 Å². The van der Waals surface area contributed by atoms with E-state index in [-0.39, 0.29) is 11.9 Å². The molecule has 1 atom stereocenters. The number of hydrogen-bond donors (Lipinski definition) is 1. The Balaban J connectivity index is 1.81. The van der Waals surface area contributed by atoms with Crippen molar-refractivity contribution in [3.8, 4) is 0 Å². The fourth-order valence-electron chi connectivity index (χ4n) is 2.95. The van der Waals surface area contributed by atoms with Crippen molar-refractivity contribution in [2.24, 2.45) is 0 Å². The van der Waals surface area contributed by atoms with Gasteiger partial charge in [0.25, 0.3) is 0 Å². The van der Waals surface area contributed by atoms with Gasteiger partial charge < -0.3 is 5.32 Å². The van der Waals surface area contributed by atoms with E-state index in [1.807, 2.05) is 0 Å². The van der Waals surface area contributed by atoms with Gasteiger partial charge in [-0.05, 0) is 39.3 Å². The molecule has 0 aromatic carbocycles. The number of likely N-dealkylation sites (tertiary alicyclic amines) is 1. The van der Waals surface area contributed by atoms with Gasteiger partial charge in [0.2, 0.25) is 5.91 Å². The number of piperidine rings is 1. The molecule has 0 spiro atoms. The number of carbonyl (C=O) groups is 1. The summed E-state index contributed by atoms with van der Waals surface area (Å²) in [6.07, 6.45) is 9.75. The van der Waals surface area contributed by atoms with Gasteiger partial charge >= 0.3 is 0 Å². The number of carbonyl (C=O) groups excluding carboxylic acids is 1. The van der Waals surface area contributed by atoms with E-state index in [1.165, 1.54) is 44.9 Å². The summed E-state index contributed by atoms with van der Waals surface area (Å²) in [4.78, 5) is 14.3. The number of rotatable bonds is 2. The van der Waals surface area contributed by atoms with Crippen LogP contribution in [-0.4, -0.2) is 36.5 Å². The highest BCUT2D eigenvalue weighted by Crippen LogP contribution is 2.19. The monoisotopic (exact) mass is 224 g/mol. The molecule has 1 unspecified atom stereocenters. The molecule has 2 aliphatic rings. The second-order valence-corrected chi connectivity index (χ2v) is 5.34. The molecule has 1 saturated heterocycles. The largest absolute Gasteiger partial charge is 0.352 e. The third-order valence-corrected chi connectivity index (χ3v) is 4.02. The lowest BCUT2D eigenvalue weighted by atomic mass is 9.94. The normalized spacial score (nSPS) is 28.9. The lowest BCUT2D eigenvalue weighted by Gasteiger charge is -2.33. The Hall–Kier alpha value is -0.570. The molecule has 0 radical (unpaired) electrons. The fraction of sp³-hybridized carbons (Fsp3) is 0.923. The average molecular weight is 224 g/mol. The molecule has 1 heterocycles. The molecule has 2 fully saturated rings. The molecule has 3 nitrogen and oxygen atoms in total. The Labute approximate surface area is 98.6 Å². The number of hydrogen-bond acceptors (Lipinski definition) is 2. The minimum absolute atomic E-state index is 0.135. The van der Waals surface area contributed by atoms with E-state index >= 15 is 0 Å². The first kappa shape index (κ1) is 11.9. The Morgan fingerprint density at radius 3 is 2.44 bits per heavy atom. The van der Waals surface area contributed by atoms with Crippen LogP contribution in [0.2, 0.25) is 0 Å². The average Bonchev–Trinajstić information content (AvgIpc) is 2.31. The first-order valence-electron chi connectivity index (χ1n) is 6.78. The van der Waals surface area contributed by atoms with Gasteiger partial charge in [-0.1, -0.05) is 25.7 Å². The molecular weight excluding hydrogens is 200 g/mol. The van der Waals surface area contributed by atoms with Crippen LogP contribution >= 0.6 is 0 Å². The van der Waals surface area contributed by atoms with Gasteiger partial charge in [0.05, 0.1) is 6.04 Å². The Morgan fingerprint density at radius 1 is 1.06 bits per heavy atom. The summed E-state index contributed by atoms with van der Waals surface area (Å²) in [5, 5.41) is 3.24. The predicted octanol–water partition coefficient (Wildman–Crippen LogP) is 1.92. The maximum absolute atomic E-state index is 12.1. The van der Waals surface area contributed by atoms with Crippen LogP contribution in [0.15, 0.2) is 0 Å². The molecule has 92 valence electrons. The van der Waals surface area contributed by atoms with Crippen molar-refractivity contribution < 1.29 is 4.79 Å². The molecule has 0 aromatic heterocycles. The minimum atomic E-state index is 0.135. The van der Waals surface area contributed by atoms with Crippen molar-refractivity contribution in [1.29, 1.82) is 0 Å². The molecule has 1 amide bonds. The molecule has 16 heavy (non-hydrogen) atoms. The van der Waals surface area contributed by atoms with Crippen molar-refractivity contribution in [3.63, 3.8) is 0 Å².